The van der Waals surface area contributed by atoms with Gasteiger partial charge in [0.05, 0.1) is 12.1 Å². The molecule has 1 saturated heterocycles. The summed E-state index contributed by atoms with van der Waals surface area (Å²) < 4.78 is 0. The van der Waals surface area contributed by atoms with Crippen molar-refractivity contribution in [3.05, 3.63) is 76.0 Å². The Labute approximate surface area is 206 Å². The lowest BCUT2D eigenvalue weighted by molar-refractivity contribution is -0.127. The summed E-state index contributed by atoms with van der Waals surface area (Å²) in [5.74, 6) is -0.636. The van der Waals surface area contributed by atoms with Crippen LogP contribution in [0.5, 0.6) is 0 Å². The van der Waals surface area contributed by atoms with Gasteiger partial charge < -0.3 is 15.1 Å². The molecular formula is C28H35NO4S. The van der Waals surface area contributed by atoms with E-state index in [1.807, 2.05) is 35.3 Å². The molecule has 0 radical (unpaired) electrons. The summed E-state index contributed by atoms with van der Waals surface area (Å²) in [6, 6.07) is 13.9. The fraction of sp³-hybridized carbons (Fsp3) is 0.429. The van der Waals surface area contributed by atoms with E-state index in [4.69, 9.17) is 5.11 Å². The number of hydrogen-bond donors (Lipinski definition) is 2. The van der Waals surface area contributed by atoms with E-state index in [1.54, 1.807) is 12.1 Å². The van der Waals surface area contributed by atoms with Crippen molar-refractivity contribution >= 4 is 29.3 Å². The molecule has 2 N–H and O–H groups in total. The predicted molar refractivity (Wildman–Crippen MR) is 138 cm³/mol. The van der Waals surface area contributed by atoms with E-state index in [2.05, 4.69) is 31.2 Å². The number of thiophene rings is 1. The number of aryl methyl sites for hydroxylation is 1. The summed E-state index contributed by atoms with van der Waals surface area (Å²) in [6.45, 7) is 2.56. The molecule has 182 valence electrons. The van der Waals surface area contributed by atoms with Crippen molar-refractivity contribution in [1.29, 1.82) is 0 Å². The van der Waals surface area contributed by atoms with Crippen molar-refractivity contribution in [2.75, 3.05) is 6.54 Å². The van der Waals surface area contributed by atoms with Crippen molar-refractivity contribution in [1.82, 2.24) is 4.90 Å². The Morgan fingerprint density at radius 3 is 2.71 bits per heavy atom. The normalized spacial score (nSPS) is 18.2. The maximum absolute atomic E-state index is 12.3. The smallest absolute Gasteiger partial charge is 0.345 e. The Morgan fingerprint density at radius 1 is 1.18 bits per heavy atom. The topological polar surface area (TPSA) is 77.8 Å². The van der Waals surface area contributed by atoms with Gasteiger partial charge in [-0.25, -0.2) is 4.79 Å². The van der Waals surface area contributed by atoms with Crippen LogP contribution >= 0.6 is 11.3 Å². The van der Waals surface area contributed by atoms with E-state index >= 15 is 0 Å². The summed E-state index contributed by atoms with van der Waals surface area (Å²) >= 11 is 1.21. The summed E-state index contributed by atoms with van der Waals surface area (Å²) in [5, 5.41) is 19.6. The first-order valence-corrected chi connectivity index (χ1v) is 12.9. The summed E-state index contributed by atoms with van der Waals surface area (Å²) in [6.07, 6.45) is 13.9. The number of carboxylic acids is 1. The maximum atomic E-state index is 12.3. The molecular weight excluding hydrogens is 446 g/mol. The van der Waals surface area contributed by atoms with Crippen molar-refractivity contribution in [3.63, 3.8) is 0 Å². The van der Waals surface area contributed by atoms with Crippen LogP contribution < -0.4 is 0 Å². The van der Waals surface area contributed by atoms with Gasteiger partial charge in [0.15, 0.2) is 0 Å². The number of rotatable bonds is 13. The molecule has 3 atom stereocenters. The van der Waals surface area contributed by atoms with Gasteiger partial charge in [-0.2, -0.15) is 0 Å². The third-order valence-corrected chi connectivity index (χ3v) is 7.42. The van der Waals surface area contributed by atoms with Crippen LogP contribution in [-0.2, 0) is 11.2 Å². The first kappa shape index (κ1) is 25.9. The minimum Gasteiger partial charge on any atom is -0.477 e. The average Bonchev–Trinajstić information content (AvgIpc) is 3.45. The molecule has 2 heterocycles. The number of carbonyl (C=O) groups excluding carboxylic acids is 1. The van der Waals surface area contributed by atoms with Crippen LogP contribution in [0.1, 0.15) is 65.6 Å². The van der Waals surface area contributed by atoms with Gasteiger partial charge >= 0.3 is 5.97 Å². The fourth-order valence-corrected chi connectivity index (χ4v) is 5.03. The molecule has 0 spiro atoms. The van der Waals surface area contributed by atoms with E-state index in [0.29, 0.717) is 17.8 Å². The molecule has 0 bridgehead atoms. The lowest BCUT2D eigenvalue weighted by Gasteiger charge is -2.22. The van der Waals surface area contributed by atoms with Gasteiger partial charge in [0.1, 0.15) is 4.88 Å². The van der Waals surface area contributed by atoms with Gasteiger partial charge in [0.2, 0.25) is 5.91 Å². The molecule has 1 aromatic carbocycles. The van der Waals surface area contributed by atoms with Gasteiger partial charge in [-0.15, -0.1) is 11.3 Å². The molecule has 1 aromatic heterocycles. The van der Waals surface area contributed by atoms with Gasteiger partial charge in [-0.3, -0.25) is 4.79 Å². The van der Waals surface area contributed by atoms with Gasteiger partial charge in [0, 0.05) is 17.8 Å². The Bertz CT molecular complexity index is 981. The second-order valence-electron chi connectivity index (χ2n) is 9.00. The highest BCUT2D eigenvalue weighted by Gasteiger charge is 2.28. The molecule has 0 aliphatic carbocycles. The lowest BCUT2D eigenvalue weighted by Crippen LogP contribution is -2.32. The van der Waals surface area contributed by atoms with Crippen LogP contribution in [-0.4, -0.2) is 45.7 Å². The largest absolute Gasteiger partial charge is 0.477 e. The number of carbonyl (C=O) groups is 2. The van der Waals surface area contributed by atoms with Crippen molar-refractivity contribution < 1.29 is 19.8 Å². The minimum atomic E-state index is -0.926. The number of aromatic carboxylic acids is 1. The van der Waals surface area contributed by atoms with Crippen molar-refractivity contribution in [2.45, 2.75) is 64.0 Å². The van der Waals surface area contributed by atoms with Crippen LogP contribution in [0.4, 0.5) is 0 Å². The van der Waals surface area contributed by atoms with Crippen LogP contribution in [0.3, 0.4) is 0 Å². The summed E-state index contributed by atoms with van der Waals surface area (Å²) in [5.41, 5.74) is 1.38. The molecule has 0 saturated carbocycles. The SMILES string of the molecule is C[C@@H](CCCCCc1ccccc1)[C@H](O)C=C[C@H]1CCC(=O)N1CC=Cc1ccc(C(=O)O)s1. The average molecular weight is 482 g/mol. The highest BCUT2D eigenvalue weighted by atomic mass is 32.1. The molecule has 1 fully saturated rings. The van der Waals surface area contributed by atoms with Crippen molar-refractivity contribution in [2.24, 2.45) is 5.92 Å². The van der Waals surface area contributed by atoms with Crippen LogP contribution in [0, 0.1) is 5.92 Å². The van der Waals surface area contributed by atoms with Crippen LogP contribution in [0.2, 0.25) is 0 Å². The zero-order valence-electron chi connectivity index (χ0n) is 19.8. The van der Waals surface area contributed by atoms with E-state index in [9.17, 15) is 14.7 Å². The van der Waals surface area contributed by atoms with Gasteiger partial charge in [0.25, 0.3) is 0 Å². The summed E-state index contributed by atoms with van der Waals surface area (Å²) in [4.78, 5) is 26.3. The maximum Gasteiger partial charge on any atom is 0.345 e. The molecule has 2 aromatic rings. The second kappa shape index (κ2) is 13.3. The van der Waals surface area contributed by atoms with Gasteiger partial charge in [-0.1, -0.05) is 68.3 Å². The molecule has 1 amide bonds. The number of aliphatic hydroxyl groups excluding tert-OH is 1. The number of benzene rings is 1. The van der Waals surface area contributed by atoms with E-state index in [1.165, 1.54) is 23.3 Å². The zero-order chi connectivity index (χ0) is 24.3. The van der Waals surface area contributed by atoms with E-state index < -0.39 is 12.1 Å². The molecule has 34 heavy (non-hydrogen) atoms. The molecule has 1 aliphatic rings. The monoisotopic (exact) mass is 481 g/mol. The number of amides is 1. The number of aliphatic hydroxyl groups is 1. The zero-order valence-corrected chi connectivity index (χ0v) is 20.6. The van der Waals surface area contributed by atoms with E-state index in [-0.39, 0.29) is 17.9 Å². The Hall–Kier alpha value is -2.70. The number of hydrogen-bond acceptors (Lipinski definition) is 4. The number of carboxylic acid groups (broad SMARTS) is 1. The van der Waals surface area contributed by atoms with Crippen molar-refractivity contribution in [3.8, 4) is 0 Å². The van der Waals surface area contributed by atoms with Crippen LogP contribution in [0.25, 0.3) is 6.08 Å². The molecule has 6 heteroatoms. The molecule has 3 rings (SSSR count). The second-order valence-corrected chi connectivity index (χ2v) is 10.1. The number of nitrogens with zero attached hydrogens (tertiary/aromatic N) is 1. The first-order valence-electron chi connectivity index (χ1n) is 12.1. The molecule has 5 nitrogen and oxygen atoms in total. The summed E-state index contributed by atoms with van der Waals surface area (Å²) in [7, 11) is 0. The third kappa shape index (κ3) is 7.96. The van der Waals surface area contributed by atoms with Gasteiger partial charge in [-0.05, 0) is 55.4 Å². The molecule has 1 aliphatic heterocycles. The lowest BCUT2D eigenvalue weighted by atomic mass is 9.95. The standard InChI is InChI=1S/C28H35NO4S/c1-21(9-4-2-5-10-22-11-6-3-7-12-22)25(30)17-14-23-15-19-27(31)29(23)20-8-13-24-16-18-26(34-24)28(32)33/h3,6-8,11-14,16-18,21,23,25,30H,2,4-5,9-10,15,19-20H2,1H3,(H,32,33)/t21-,23-,25+/m0/s1. The minimum absolute atomic E-state index is 0.0113. The highest BCUT2D eigenvalue weighted by molar-refractivity contribution is 7.14. The quantitative estimate of drug-likeness (QED) is 0.280. The first-order chi connectivity index (χ1) is 16.4. The Balaban J connectivity index is 1.40. The third-order valence-electron chi connectivity index (χ3n) is 6.38. The predicted octanol–water partition coefficient (Wildman–Crippen LogP) is 5.81. The fourth-order valence-electron chi connectivity index (χ4n) is 4.25. The van der Waals surface area contributed by atoms with E-state index in [0.717, 1.165) is 37.0 Å². The highest BCUT2D eigenvalue weighted by Crippen LogP contribution is 2.23. The molecule has 0 unspecified atom stereocenters. The van der Waals surface area contributed by atoms with Crippen LogP contribution in [0.15, 0.2) is 60.7 Å². The Morgan fingerprint density at radius 2 is 1.97 bits per heavy atom. The number of unbranched alkanes of at least 4 members (excludes halogenated alkanes) is 2. The number of likely N-dealkylation sites (tertiary alicyclic amines) is 1. The Kier molecular flexibility index (Phi) is 10.1.